The zero-order valence-electron chi connectivity index (χ0n) is 14.4. The van der Waals surface area contributed by atoms with Gasteiger partial charge in [-0.05, 0) is 34.4 Å². The Bertz CT molecular complexity index is 954. The summed E-state index contributed by atoms with van der Waals surface area (Å²) in [5.74, 6) is 0.0287. The Balaban J connectivity index is 1.56. The number of carbonyl (C=O) groups is 1. The number of carbonyl (C=O) groups excluding carboxylic acids is 1. The van der Waals surface area contributed by atoms with Crippen molar-refractivity contribution in [1.29, 1.82) is 0 Å². The van der Waals surface area contributed by atoms with Crippen LogP contribution in [0.5, 0.6) is 0 Å². The third-order valence-corrected chi connectivity index (χ3v) is 4.49. The highest BCUT2D eigenvalue weighted by atomic mass is 16.2. The Morgan fingerprint density at radius 2 is 1.31 bits per heavy atom. The van der Waals surface area contributed by atoms with Crippen molar-refractivity contribution in [2.75, 3.05) is 0 Å². The lowest BCUT2D eigenvalue weighted by Crippen LogP contribution is -2.23. The van der Waals surface area contributed by atoms with Crippen LogP contribution >= 0.6 is 0 Å². The Morgan fingerprint density at radius 3 is 2.00 bits per heavy atom. The van der Waals surface area contributed by atoms with Gasteiger partial charge in [0.1, 0.15) is 0 Å². The van der Waals surface area contributed by atoms with Crippen LogP contribution in [0.1, 0.15) is 11.1 Å². The summed E-state index contributed by atoms with van der Waals surface area (Å²) < 4.78 is 0. The maximum atomic E-state index is 12.2. The molecular weight excluding hydrogens is 318 g/mol. The first kappa shape index (κ1) is 16.1. The minimum atomic E-state index is 0.0287. The predicted molar refractivity (Wildman–Crippen MR) is 106 cm³/mol. The predicted octanol–water partition coefficient (Wildman–Crippen LogP) is 5.29. The van der Waals surface area contributed by atoms with Gasteiger partial charge in [0.15, 0.2) is 0 Å². The van der Waals surface area contributed by atoms with Crippen LogP contribution in [0.25, 0.3) is 17.2 Å². The lowest BCUT2D eigenvalue weighted by Gasteiger charge is -2.18. The van der Waals surface area contributed by atoms with Gasteiger partial charge in [0.2, 0.25) is 0 Å². The molecule has 1 amide bonds. The number of hydrogen-bond acceptors (Lipinski definition) is 1. The summed E-state index contributed by atoms with van der Waals surface area (Å²) in [5, 5.41) is 0. The molecule has 0 atom stereocenters. The van der Waals surface area contributed by atoms with Crippen molar-refractivity contribution in [1.82, 2.24) is 4.90 Å². The maximum Gasteiger partial charge on any atom is 0.251 e. The molecule has 0 aliphatic carbocycles. The van der Waals surface area contributed by atoms with Crippen molar-refractivity contribution in [2.24, 2.45) is 0 Å². The van der Waals surface area contributed by atoms with Crippen LogP contribution in [0, 0.1) is 0 Å². The van der Waals surface area contributed by atoms with Gasteiger partial charge in [-0.1, -0.05) is 84.9 Å². The molecule has 0 N–H and O–H groups in total. The number of allylic oxidation sites excluding steroid dienone is 1. The lowest BCUT2D eigenvalue weighted by atomic mass is 10.0. The Morgan fingerprint density at radius 1 is 0.692 bits per heavy atom. The Labute approximate surface area is 153 Å². The molecule has 2 heteroatoms. The highest BCUT2D eigenvalue weighted by molar-refractivity contribution is 5.94. The van der Waals surface area contributed by atoms with E-state index in [0.717, 1.165) is 16.8 Å². The van der Waals surface area contributed by atoms with E-state index in [1.165, 1.54) is 11.1 Å². The first-order chi connectivity index (χ1) is 12.8. The van der Waals surface area contributed by atoms with Gasteiger partial charge >= 0.3 is 0 Å². The number of nitrogens with zero attached hydrogens (tertiary/aromatic N) is 1. The van der Waals surface area contributed by atoms with E-state index in [9.17, 15) is 4.79 Å². The smallest absolute Gasteiger partial charge is 0.251 e. The van der Waals surface area contributed by atoms with E-state index in [0.29, 0.717) is 6.54 Å². The summed E-state index contributed by atoms with van der Waals surface area (Å²) in [7, 11) is 0. The summed E-state index contributed by atoms with van der Waals surface area (Å²) >= 11 is 0. The summed E-state index contributed by atoms with van der Waals surface area (Å²) in [6.07, 6.45) is 5.57. The van der Waals surface area contributed by atoms with Gasteiger partial charge in [-0.25, -0.2) is 0 Å². The largest absolute Gasteiger partial charge is 0.304 e. The van der Waals surface area contributed by atoms with E-state index >= 15 is 0 Å². The van der Waals surface area contributed by atoms with Gasteiger partial charge in [-0.2, -0.15) is 0 Å². The molecule has 0 aromatic heterocycles. The van der Waals surface area contributed by atoms with Gasteiger partial charge in [0.25, 0.3) is 5.91 Å². The third-order valence-electron chi connectivity index (χ3n) is 4.49. The number of hydrogen-bond donors (Lipinski definition) is 0. The van der Waals surface area contributed by atoms with E-state index in [1.54, 1.807) is 11.0 Å². The zero-order chi connectivity index (χ0) is 17.8. The number of rotatable bonds is 4. The van der Waals surface area contributed by atoms with Gasteiger partial charge in [-0.3, -0.25) is 4.79 Å². The lowest BCUT2D eigenvalue weighted by molar-refractivity contribution is -0.123. The second-order valence-corrected chi connectivity index (χ2v) is 6.30. The number of benzene rings is 3. The molecule has 0 bridgehead atoms. The molecule has 1 heterocycles. The molecule has 26 heavy (non-hydrogen) atoms. The molecule has 126 valence electrons. The molecule has 0 spiro atoms. The minimum absolute atomic E-state index is 0.0287. The van der Waals surface area contributed by atoms with E-state index in [2.05, 4.69) is 42.5 Å². The van der Waals surface area contributed by atoms with Crippen LogP contribution in [-0.2, 0) is 11.3 Å². The van der Waals surface area contributed by atoms with E-state index in [4.69, 9.17) is 0 Å². The SMILES string of the molecule is O=C1C=C/C(=C\c2ccc(-c3ccccc3)cc2)N1Cc1ccccc1. The molecule has 3 aromatic rings. The van der Waals surface area contributed by atoms with Gasteiger partial charge in [0, 0.05) is 11.8 Å². The summed E-state index contributed by atoms with van der Waals surface area (Å²) in [6.45, 7) is 0.584. The van der Waals surface area contributed by atoms with Crippen LogP contribution < -0.4 is 0 Å². The van der Waals surface area contributed by atoms with Crippen LogP contribution in [0.3, 0.4) is 0 Å². The molecular formula is C24H19NO. The second kappa shape index (κ2) is 7.24. The molecule has 0 saturated carbocycles. The molecule has 2 nitrogen and oxygen atoms in total. The van der Waals surface area contributed by atoms with Crippen LogP contribution in [0.15, 0.2) is 103 Å². The minimum Gasteiger partial charge on any atom is -0.304 e. The molecule has 1 aliphatic rings. The van der Waals surface area contributed by atoms with Crippen LogP contribution in [0.2, 0.25) is 0 Å². The van der Waals surface area contributed by atoms with Crippen molar-refractivity contribution in [3.05, 3.63) is 114 Å². The van der Waals surface area contributed by atoms with Crippen molar-refractivity contribution < 1.29 is 4.79 Å². The van der Waals surface area contributed by atoms with E-state index in [1.807, 2.05) is 54.6 Å². The first-order valence-electron chi connectivity index (χ1n) is 8.70. The molecule has 4 rings (SSSR count). The van der Waals surface area contributed by atoms with Crippen LogP contribution in [0.4, 0.5) is 0 Å². The van der Waals surface area contributed by atoms with E-state index in [-0.39, 0.29) is 5.91 Å². The fourth-order valence-corrected chi connectivity index (χ4v) is 3.10. The molecule has 0 fully saturated rings. The second-order valence-electron chi connectivity index (χ2n) is 6.30. The van der Waals surface area contributed by atoms with E-state index < -0.39 is 0 Å². The molecule has 0 saturated heterocycles. The first-order valence-corrected chi connectivity index (χ1v) is 8.70. The Hall–Kier alpha value is -3.39. The highest BCUT2D eigenvalue weighted by Gasteiger charge is 2.20. The quantitative estimate of drug-likeness (QED) is 0.633. The summed E-state index contributed by atoms with van der Waals surface area (Å²) in [5.41, 5.74) is 5.51. The van der Waals surface area contributed by atoms with Crippen molar-refractivity contribution in [2.45, 2.75) is 6.54 Å². The fourth-order valence-electron chi connectivity index (χ4n) is 3.10. The molecule has 1 aliphatic heterocycles. The number of amides is 1. The average Bonchev–Trinajstić information content (AvgIpc) is 3.03. The van der Waals surface area contributed by atoms with Gasteiger partial charge in [0.05, 0.1) is 6.54 Å². The van der Waals surface area contributed by atoms with Gasteiger partial charge in [-0.15, -0.1) is 0 Å². The Kier molecular flexibility index (Phi) is 4.48. The summed E-state index contributed by atoms with van der Waals surface area (Å²) in [4.78, 5) is 14.0. The maximum absolute atomic E-state index is 12.2. The van der Waals surface area contributed by atoms with Crippen molar-refractivity contribution >= 4 is 12.0 Å². The fraction of sp³-hybridized carbons (Fsp3) is 0.0417. The highest BCUT2D eigenvalue weighted by Crippen LogP contribution is 2.24. The van der Waals surface area contributed by atoms with Crippen molar-refractivity contribution in [3.8, 4) is 11.1 Å². The summed E-state index contributed by atoms with van der Waals surface area (Å²) in [6, 6.07) is 28.8. The topological polar surface area (TPSA) is 20.3 Å². The van der Waals surface area contributed by atoms with Crippen LogP contribution in [-0.4, -0.2) is 10.8 Å². The molecule has 3 aromatic carbocycles. The molecule has 0 radical (unpaired) electrons. The normalized spacial score (nSPS) is 15.0. The standard InChI is InChI=1S/C24H19NO/c26-24-16-15-23(25(24)18-20-7-3-1-4-8-20)17-19-11-13-22(14-12-19)21-9-5-2-6-10-21/h1-17H,18H2/b23-17+. The zero-order valence-corrected chi connectivity index (χ0v) is 14.4. The van der Waals surface area contributed by atoms with Crippen molar-refractivity contribution in [3.63, 3.8) is 0 Å². The van der Waals surface area contributed by atoms with Gasteiger partial charge < -0.3 is 4.90 Å². The molecule has 0 unspecified atom stereocenters. The monoisotopic (exact) mass is 337 g/mol. The average molecular weight is 337 g/mol. The third kappa shape index (κ3) is 3.50.